The van der Waals surface area contributed by atoms with Gasteiger partial charge in [-0.25, -0.2) is 8.78 Å². The molecular weight excluding hydrogens is 330 g/mol. The molecule has 106 valence electrons. The van der Waals surface area contributed by atoms with Crippen molar-refractivity contribution >= 4 is 15.9 Å². The lowest BCUT2D eigenvalue weighted by atomic mass is 10.0. The first kappa shape index (κ1) is 14.8. The van der Waals surface area contributed by atoms with E-state index in [1.54, 1.807) is 25.3 Å². The molecule has 20 heavy (non-hydrogen) atoms. The Kier molecular flexibility index (Phi) is 4.60. The first-order valence-corrected chi connectivity index (χ1v) is 6.80. The maximum Gasteiger partial charge on any atom is 0.163 e. The van der Waals surface area contributed by atoms with E-state index in [0.717, 1.165) is 6.07 Å². The smallest absolute Gasteiger partial charge is 0.163 e. The minimum Gasteiger partial charge on any atom is -0.497 e. The minimum atomic E-state index is -0.876. The van der Waals surface area contributed by atoms with Crippen LogP contribution in [-0.4, -0.2) is 14.2 Å². The maximum atomic E-state index is 13.8. The Morgan fingerprint density at radius 1 is 1.00 bits per heavy atom. The summed E-state index contributed by atoms with van der Waals surface area (Å²) in [5.41, 5.74) is 0.909. The van der Waals surface area contributed by atoms with E-state index in [1.807, 2.05) is 0 Å². The summed E-state index contributed by atoms with van der Waals surface area (Å²) in [5.74, 6) is -0.577. The van der Waals surface area contributed by atoms with Crippen molar-refractivity contribution in [2.75, 3.05) is 14.2 Å². The number of halogens is 3. The third-order valence-electron chi connectivity index (χ3n) is 2.97. The molecule has 5 heteroatoms. The molecular formula is C15H13BrF2O2. The van der Waals surface area contributed by atoms with Gasteiger partial charge in [-0.15, -0.1) is 0 Å². The van der Waals surface area contributed by atoms with Crippen LogP contribution in [0.25, 0.3) is 0 Å². The average molecular weight is 343 g/mol. The lowest BCUT2D eigenvalue weighted by Gasteiger charge is -2.16. The summed E-state index contributed by atoms with van der Waals surface area (Å²) < 4.78 is 37.5. The molecule has 2 rings (SSSR count). The highest BCUT2D eigenvalue weighted by atomic mass is 79.9. The molecule has 0 spiro atoms. The van der Waals surface area contributed by atoms with Crippen molar-refractivity contribution in [3.05, 3.63) is 59.2 Å². The van der Waals surface area contributed by atoms with Crippen LogP contribution in [0.2, 0.25) is 0 Å². The predicted octanol–water partition coefficient (Wildman–Crippen LogP) is 4.47. The monoisotopic (exact) mass is 342 g/mol. The van der Waals surface area contributed by atoms with Gasteiger partial charge in [0.15, 0.2) is 11.6 Å². The molecule has 1 unspecified atom stereocenters. The number of ether oxygens (including phenoxy) is 2. The predicted molar refractivity (Wildman–Crippen MR) is 76.7 cm³/mol. The Hall–Kier alpha value is -1.62. The standard InChI is InChI=1S/C15H13BrF2O2/c1-19-9-6-7-10(13(8-9)20-2)14(16)11-4-3-5-12(17)15(11)18/h3-8,14H,1-2H3. The van der Waals surface area contributed by atoms with Crippen LogP contribution in [0.3, 0.4) is 0 Å². The molecule has 0 aliphatic heterocycles. The Morgan fingerprint density at radius 3 is 2.40 bits per heavy atom. The summed E-state index contributed by atoms with van der Waals surface area (Å²) in [6, 6.07) is 9.27. The highest BCUT2D eigenvalue weighted by molar-refractivity contribution is 9.09. The van der Waals surface area contributed by atoms with Crippen molar-refractivity contribution in [1.82, 2.24) is 0 Å². The van der Waals surface area contributed by atoms with Gasteiger partial charge in [0, 0.05) is 17.2 Å². The third kappa shape index (κ3) is 2.77. The van der Waals surface area contributed by atoms with Crippen LogP contribution in [0.5, 0.6) is 11.5 Å². The minimum absolute atomic E-state index is 0.216. The number of hydrogen-bond donors (Lipinski definition) is 0. The van der Waals surface area contributed by atoms with Gasteiger partial charge in [-0.1, -0.05) is 34.1 Å². The molecule has 0 aliphatic carbocycles. The summed E-state index contributed by atoms with van der Waals surface area (Å²) in [7, 11) is 3.06. The second-order valence-electron chi connectivity index (χ2n) is 4.11. The molecule has 0 heterocycles. The Morgan fingerprint density at radius 2 is 1.75 bits per heavy atom. The topological polar surface area (TPSA) is 18.5 Å². The van der Waals surface area contributed by atoms with Crippen LogP contribution in [-0.2, 0) is 0 Å². The first-order chi connectivity index (χ1) is 9.58. The van der Waals surface area contributed by atoms with Crippen molar-refractivity contribution < 1.29 is 18.3 Å². The van der Waals surface area contributed by atoms with Crippen molar-refractivity contribution in [1.29, 1.82) is 0 Å². The zero-order chi connectivity index (χ0) is 14.7. The van der Waals surface area contributed by atoms with Crippen LogP contribution < -0.4 is 9.47 Å². The zero-order valence-electron chi connectivity index (χ0n) is 11.0. The molecule has 2 aromatic rings. The number of hydrogen-bond acceptors (Lipinski definition) is 2. The Bertz CT molecular complexity index is 617. The van der Waals surface area contributed by atoms with Crippen LogP contribution in [0.1, 0.15) is 16.0 Å². The molecule has 0 saturated carbocycles. The lowest BCUT2D eigenvalue weighted by Crippen LogP contribution is -2.01. The van der Waals surface area contributed by atoms with E-state index in [0.29, 0.717) is 17.1 Å². The fraction of sp³-hybridized carbons (Fsp3) is 0.200. The van der Waals surface area contributed by atoms with Crippen molar-refractivity contribution in [2.45, 2.75) is 4.83 Å². The average Bonchev–Trinajstić information content (AvgIpc) is 2.48. The van der Waals surface area contributed by atoms with Gasteiger partial charge >= 0.3 is 0 Å². The third-order valence-corrected chi connectivity index (χ3v) is 3.95. The molecule has 2 aromatic carbocycles. The SMILES string of the molecule is COc1ccc(C(Br)c2cccc(F)c2F)c(OC)c1. The first-order valence-electron chi connectivity index (χ1n) is 5.88. The summed E-state index contributed by atoms with van der Waals surface area (Å²) in [6.45, 7) is 0. The van der Waals surface area contributed by atoms with Crippen LogP contribution >= 0.6 is 15.9 Å². The van der Waals surface area contributed by atoms with Gasteiger partial charge in [0.1, 0.15) is 11.5 Å². The van der Waals surface area contributed by atoms with Crippen molar-refractivity contribution in [3.8, 4) is 11.5 Å². The largest absolute Gasteiger partial charge is 0.497 e. The maximum absolute atomic E-state index is 13.8. The number of alkyl halides is 1. The van der Waals surface area contributed by atoms with Crippen LogP contribution in [0.4, 0.5) is 8.78 Å². The van der Waals surface area contributed by atoms with Gasteiger partial charge in [0.2, 0.25) is 0 Å². The summed E-state index contributed by atoms with van der Waals surface area (Å²) in [6.07, 6.45) is 0. The van der Waals surface area contributed by atoms with E-state index < -0.39 is 16.5 Å². The molecule has 0 saturated heterocycles. The summed E-state index contributed by atoms with van der Waals surface area (Å²) >= 11 is 3.39. The molecule has 2 nitrogen and oxygen atoms in total. The summed E-state index contributed by atoms with van der Waals surface area (Å²) in [5, 5.41) is 0. The molecule has 0 radical (unpaired) electrons. The number of benzene rings is 2. The second-order valence-corrected chi connectivity index (χ2v) is 5.03. The van der Waals surface area contributed by atoms with Crippen LogP contribution in [0, 0.1) is 11.6 Å². The van der Waals surface area contributed by atoms with Crippen LogP contribution in [0.15, 0.2) is 36.4 Å². The summed E-state index contributed by atoms with van der Waals surface area (Å²) in [4.78, 5) is -0.515. The highest BCUT2D eigenvalue weighted by Gasteiger charge is 2.20. The van der Waals surface area contributed by atoms with Crippen molar-refractivity contribution in [3.63, 3.8) is 0 Å². The molecule has 0 fully saturated rings. The molecule has 0 aliphatic rings. The van der Waals surface area contributed by atoms with E-state index in [-0.39, 0.29) is 5.56 Å². The van der Waals surface area contributed by atoms with E-state index in [1.165, 1.54) is 19.2 Å². The second kappa shape index (κ2) is 6.22. The number of rotatable bonds is 4. The van der Waals surface area contributed by atoms with Gasteiger partial charge in [0.25, 0.3) is 0 Å². The Labute approximate surface area is 124 Å². The fourth-order valence-electron chi connectivity index (χ4n) is 1.91. The molecule has 0 aromatic heterocycles. The lowest BCUT2D eigenvalue weighted by molar-refractivity contribution is 0.391. The van der Waals surface area contributed by atoms with Gasteiger partial charge < -0.3 is 9.47 Å². The number of methoxy groups -OCH3 is 2. The van der Waals surface area contributed by atoms with Gasteiger partial charge in [-0.2, -0.15) is 0 Å². The van der Waals surface area contributed by atoms with Crippen molar-refractivity contribution in [2.24, 2.45) is 0 Å². The zero-order valence-corrected chi connectivity index (χ0v) is 12.6. The van der Waals surface area contributed by atoms with E-state index >= 15 is 0 Å². The quantitative estimate of drug-likeness (QED) is 0.763. The fourth-order valence-corrected chi connectivity index (χ4v) is 2.64. The van der Waals surface area contributed by atoms with Gasteiger partial charge in [-0.05, 0) is 12.1 Å². The highest BCUT2D eigenvalue weighted by Crippen LogP contribution is 2.39. The van der Waals surface area contributed by atoms with E-state index in [9.17, 15) is 8.78 Å². The molecule has 0 N–H and O–H groups in total. The molecule has 0 bridgehead atoms. The molecule has 1 atom stereocenters. The Balaban J connectivity index is 2.47. The molecule has 0 amide bonds. The van der Waals surface area contributed by atoms with E-state index in [2.05, 4.69) is 15.9 Å². The normalized spacial score (nSPS) is 12.1. The van der Waals surface area contributed by atoms with Gasteiger partial charge in [0.05, 0.1) is 19.0 Å². The van der Waals surface area contributed by atoms with Gasteiger partial charge in [-0.3, -0.25) is 0 Å². The van der Waals surface area contributed by atoms with E-state index in [4.69, 9.17) is 9.47 Å².